The van der Waals surface area contributed by atoms with Gasteiger partial charge in [0.1, 0.15) is 22.1 Å². The Kier molecular flexibility index (Phi) is 4.72. The first-order chi connectivity index (χ1) is 12.4. The van der Waals surface area contributed by atoms with Crippen molar-refractivity contribution >= 4 is 15.9 Å². The standard InChI is InChI=1S/C17H13FN4O3S/c1-11-5-6-12(18)15(10-11)26(24,25)22-17(23)14-7-9-20-16(21-14)13-4-2-3-8-19-13/h2-10H,1H3,(H,22,23). The average molecular weight is 372 g/mol. The molecule has 1 aromatic carbocycles. The summed E-state index contributed by atoms with van der Waals surface area (Å²) in [6, 6.07) is 9.94. The maximum atomic E-state index is 13.8. The molecule has 2 aromatic heterocycles. The molecule has 0 saturated carbocycles. The molecule has 26 heavy (non-hydrogen) atoms. The third-order valence-corrected chi connectivity index (χ3v) is 4.73. The summed E-state index contributed by atoms with van der Waals surface area (Å²) in [7, 11) is -4.39. The zero-order valence-electron chi connectivity index (χ0n) is 13.5. The minimum Gasteiger partial charge on any atom is -0.266 e. The number of amides is 1. The summed E-state index contributed by atoms with van der Waals surface area (Å²) in [6.07, 6.45) is 2.85. The van der Waals surface area contributed by atoms with Gasteiger partial charge in [0.2, 0.25) is 0 Å². The molecule has 0 aliphatic carbocycles. The molecule has 1 N–H and O–H groups in total. The fourth-order valence-electron chi connectivity index (χ4n) is 2.15. The molecule has 3 rings (SSSR count). The van der Waals surface area contributed by atoms with Crippen LogP contribution in [0.25, 0.3) is 11.5 Å². The van der Waals surface area contributed by atoms with Gasteiger partial charge in [-0.1, -0.05) is 12.1 Å². The molecule has 2 heterocycles. The van der Waals surface area contributed by atoms with Crippen molar-refractivity contribution < 1.29 is 17.6 Å². The highest BCUT2D eigenvalue weighted by Crippen LogP contribution is 2.16. The number of sulfonamides is 1. The number of nitrogens with zero attached hydrogens (tertiary/aromatic N) is 3. The van der Waals surface area contributed by atoms with Crippen LogP contribution in [0.3, 0.4) is 0 Å². The van der Waals surface area contributed by atoms with Gasteiger partial charge in [-0.05, 0) is 42.8 Å². The van der Waals surface area contributed by atoms with Crippen molar-refractivity contribution in [1.29, 1.82) is 0 Å². The van der Waals surface area contributed by atoms with Gasteiger partial charge < -0.3 is 0 Å². The summed E-state index contributed by atoms with van der Waals surface area (Å²) < 4.78 is 40.3. The van der Waals surface area contributed by atoms with E-state index in [0.717, 1.165) is 12.1 Å². The van der Waals surface area contributed by atoms with E-state index in [1.807, 2.05) is 4.72 Å². The number of nitrogens with one attached hydrogen (secondary N) is 1. The molecule has 0 fully saturated rings. The molecule has 0 unspecified atom stereocenters. The highest BCUT2D eigenvalue weighted by molar-refractivity contribution is 7.90. The summed E-state index contributed by atoms with van der Waals surface area (Å²) in [6.45, 7) is 1.61. The fraction of sp³-hybridized carbons (Fsp3) is 0.0588. The second-order valence-electron chi connectivity index (χ2n) is 5.35. The van der Waals surface area contributed by atoms with Gasteiger partial charge in [-0.25, -0.2) is 27.5 Å². The first-order valence-electron chi connectivity index (χ1n) is 7.44. The lowest BCUT2D eigenvalue weighted by Gasteiger charge is -2.08. The van der Waals surface area contributed by atoms with E-state index in [2.05, 4.69) is 15.0 Å². The van der Waals surface area contributed by atoms with E-state index in [-0.39, 0.29) is 11.5 Å². The number of rotatable bonds is 4. The van der Waals surface area contributed by atoms with Crippen molar-refractivity contribution in [3.05, 3.63) is 71.9 Å². The Labute approximate surface area is 149 Å². The van der Waals surface area contributed by atoms with Gasteiger partial charge in [0.05, 0.1) is 0 Å². The second kappa shape index (κ2) is 6.96. The van der Waals surface area contributed by atoms with Crippen LogP contribution in [0.4, 0.5) is 4.39 Å². The van der Waals surface area contributed by atoms with Crippen LogP contribution >= 0.6 is 0 Å². The van der Waals surface area contributed by atoms with Crippen molar-refractivity contribution in [2.24, 2.45) is 0 Å². The predicted molar refractivity (Wildman–Crippen MR) is 91.1 cm³/mol. The molecule has 0 radical (unpaired) electrons. The first kappa shape index (κ1) is 17.6. The van der Waals surface area contributed by atoms with E-state index in [0.29, 0.717) is 11.3 Å². The third kappa shape index (κ3) is 3.72. The monoisotopic (exact) mass is 372 g/mol. The molecule has 1 amide bonds. The zero-order valence-corrected chi connectivity index (χ0v) is 14.4. The highest BCUT2D eigenvalue weighted by atomic mass is 32.2. The summed E-state index contributed by atoms with van der Waals surface area (Å²) in [5.74, 6) is -1.78. The number of hydrogen-bond donors (Lipinski definition) is 1. The minimum absolute atomic E-state index is 0.164. The van der Waals surface area contributed by atoms with Crippen LogP contribution in [0.5, 0.6) is 0 Å². The number of hydrogen-bond acceptors (Lipinski definition) is 6. The Morgan fingerprint density at radius 2 is 1.88 bits per heavy atom. The van der Waals surface area contributed by atoms with Gasteiger partial charge >= 0.3 is 0 Å². The van der Waals surface area contributed by atoms with Gasteiger partial charge in [0.15, 0.2) is 5.82 Å². The minimum atomic E-state index is -4.39. The quantitative estimate of drug-likeness (QED) is 0.752. The van der Waals surface area contributed by atoms with E-state index in [1.54, 1.807) is 25.1 Å². The number of carbonyl (C=O) groups is 1. The summed E-state index contributed by atoms with van der Waals surface area (Å²) in [5, 5.41) is 0. The van der Waals surface area contributed by atoms with Gasteiger partial charge in [-0.15, -0.1) is 0 Å². The van der Waals surface area contributed by atoms with Gasteiger partial charge in [0, 0.05) is 12.4 Å². The molecule has 9 heteroatoms. The molecular formula is C17H13FN4O3S. The molecule has 0 atom stereocenters. The summed E-state index contributed by atoms with van der Waals surface area (Å²) in [4.78, 5) is 23.8. The Hall–Kier alpha value is -3.20. The van der Waals surface area contributed by atoms with Crippen molar-refractivity contribution in [1.82, 2.24) is 19.7 Å². The molecule has 0 aliphatic rings. The van der Waals surface area contributed by atoms with E-state index in [9.17, 15) is 17.6 Å². The van der Waals surface area contributed by atoms with Crippen LogP contribution < -0.4 is 4.72 Å². The smallest absolute Gasteiger partial charge is 0.266 e. The van der Waals surface area contributed by atoms with E-state index in [4.69, 9.17) is 0 Å². The first-order valence-corrected chi connectivity index (χ1v) is 8.93. The number of benzene rings is 1. The Bertz CT molecular complexity index is 1070. The normalized spacial score (nSPS) is 11.2. The van der Waals surface area contributed by atoms with Gasteiger partial charge in [0.25, 0.3) is 15.9 Å². The van der Waals surface area contributed by atoms with Gasteiger partial charge in [-0.2, -0.15) is 0 Å². The molecular weight excluding hydrogens is 359 g/mol. The van der Waals surface area contributed by atoms with Gasteiger partial charge in [-0.3, -0.25) is 9.78 Å². The lowest BCUT2D eigenvalue weighted by atomic mass is 10.2. The van der Waals surface area contributed by atoms with Crippen LogP contribution in [-0.4, -0.2) is 29.3 Å². The molecule has 0 saturated heterocycles. The molecule has 0 bridgehead atoms. The molecule has 3 aromatic rings. The van der Waals surface area contributed by atoms with Crippen LogP contribution in [0, 0.1) is 12.7 Å². The maximum absolute atomic E-state index is 13.8. The number of halogens is 1. The van der Waals surface area contributed by atoms with Crippen LogP contribution in [-0.2, 0) is 10.0 Å². The zero-order chi connectivity index (χ0) is 18.7. The summed E-state index contributed by atoms with van der Waals surface area (Å²) >= 11 is 0. The maximum Gasteiger partial charge on any atom is 0.283 e. The summed E-state index contributed by atoms with van der Waals surface area (Å²) in [5.41, 5.74) is 0.783. The number of pyridine rings is 1. The van der Waals surface area contributed by atoms with Crippen LogP contribution in [0.15, 0.2) is 59.8 Å². The number of aromatic nitrogens is 3. The van der Waals surface area contributed by atoms with Crippen LogP contribution in [0.1, 0.15) is 16.1 Å². The second-order valence-corrected chi connectivity index (χ2v) is 7.00. The highest BCUT2D eigenvalue weighted by Gasteiger charge is 2.23. The Morgan fingerprint density at radius 1 is 1.08 bits per heavy atom. The topological polar surface area (TPSA) is 102 Å². The lowest BCUT2D eigenvalue weighted by molar-refractivity contribution is 0.0976. The van der Waals surface area contributed by atoms with Crippen molar-refractivity contribution in [3.8, 4) is 11.5 Å². The van der Waals surface area contributed by atoms with E-state index >= 15 is 0 Å². The predicted octanol–water partition coefficient (Wildman–Crippen LogP) is 2.10. The Balaban J connectivity index is 1.90. The average Bonchev–Trinajstić information content (AvgIpc) is 2.64. The largest absolute Gasteiger partial charge is 0.283 e. The number of carbonyl (C=O) groups excluding carboxylic acids is 1. The lowest BCUT2D eigenvalue weighted by Crippen LogP contribution is -2.32. The number of aryl methyl sites for hydroxylation is 1. The van der Waals surface area contributed by atoms with E-state index in [1.165, 1.54) is 24.5 Å². The van der Waals surface area contributed by atoms with E-state index < -0.39 is 26.6 Å². The Morgan fingerprint density at radius 3 is 2.62 bits per heavy atom. The van der Waals surface area contributed by atoms with Crippen LogP contribution in [0.2, 0.25) is 0 Å². The molecule has 7 nitrogen and oxygen atoms in total. The fourth-order valence-corrected chi connectivity index (χ4v) is 3.27. The molecule has 0 spiro atoms. The van der Waals surface area contributed by atoms with Crippen molar-refractivity contribution in [3.63, 3.8) is 0 Å². The molecule has 0 aliphatic heterocycles. The van der Waals surface area contributed by atoms with Crippen molar-refractivity contribution in [2.75, 3.05) is 0 Å². The van der Waals surface area contributed by atoms with Crippen molar-refractivity contribution in [2.45, 2.75) is 11.8 Å². The molecule has 132 valence electrons. The third-order valence-electron chi connectivity index (χ3n) is 3.39. The SMILES string of the molecule is Cc1ccc(F)c(S(=O)(=O)NC(=O)c2ccnc(-c3ccccn3)n2)c1.